The molecule has 3 rings (SSSR count). The molecule has 0 amide bonds. The van der Waals surface area contributed by atoms with Crippen molar-refractivity contribution in [3.8, 4) is 0 Å². The Labute approximate surface area is 172 Å². The molecule has 0 radical (unpaired) electrons. The first kappa shape index (κ1) is 20.9. The molecule has 2 N–H and O–H groups in total. The van der Waals surface area contributed by atoms with Crippen LogP contribution < -0.4 is 10.6 Å². The lowest BCUT2D eigenvalue weighted by molar-refractivity contribution is -0.0453. The van der Waals surface area contributed by atoms with E-state index in [2.05, 4.69) is 45.0 Å². The third-order valence-electron chi connectivity index (χ3n) is 4.93. The Kier molecular flexibility index (Phi) is 8.95. The number of hydrogen-bond donors (Lipinski definition) is 2. The van der Waals surface area contributed by atoms with Crippen molar-refractivity contribution in [2.24, 2.45) is 10.9 Å². The van der Waals surface area contributed by atoms with Crippen molar-refractivity contribution in [3.63, 3.8) is 0 Å². The fourth-order valence-electron chi connectivity index (χ4n) is 3.56. The van der Waals surface area contributed by atoms with E-state index in [1.54, 1.807) is 0 Å². The number of halogens is 1. The zero-order valence-corrected chi connectivity index (χ0v) is 18.4. The fourth-order valence-corrected chi connectivity index (χ4v) is 4.43. The van der Waals surface area contributed by atoms with Crippen LogP contribution in [-0.2, 0) is 11.2 Å². The number of ether oxygens (including phenoxy) is 1. The van der Waals surface area contributed by atoms with Gasteiger partial charge in [-0.25, -0.2) is 0 Å². The van der Waals surface area contributed by atoms with Crippen LogP contribution in [0.3, 0.4) is 0 Å². The Hall–Kier alpha value is -0.380. The normalized spacial score (nSPS) is 25.1. The molecule has 142 valence electrons. The van der Waals surface area contributed by atoms with Crippen molar-refractivity contribution in [1.82, 2.24) is 15.5 Å². The molecule has 2 saturated heterocycles. The predicted molar refractivity (Wildman–Crippen MR) is 116 cm³/mol. The second kappa shape index (κ2) is 10.7. The van der Waals surface area contributed by atoms with E-state index in [-0.39, 0.29) is 30.1 Å². The molecule has 1 aromatic heterocycles. The van der Waals surface area contributed by atoms with Crippen LogP contribution >= 0.6 is 35.3 Å². The Morgan fingerprint density at radius 3 is 3.12 bits per heavy atom. The molecule has 2 aliphatic heterocycles. The molecule has 3 heterocycles. The highest BCUT2D eigenvalue weighted by Gasteiger charge is 2.32. The molecule has 2 fully saturated rings. The molecule has 7 heteroatoms. The summed E-state index contributed by atoms with van der Waals surface area (Å²) in [5.74, 6) is 1.46. The van der Waals surface area contributed by atoms with Gasteiger partial charge in [0.1, 0.15) is 0 Å². The first-order chi connectivity index (χ1) is 11.7. The molecule has 3 atom stereocenters. The number of thiophene rings is 1. The van der Waals surface area contributed by atoms with Gasteiger partial charge in [0, 0.05) is 37.6 Å². The first-order valence-corrected chi connectivity index (χ1v) is 9.95. The third-order valence-corrected chi connectivity index (χ3v) is 5.83. The molecule has 5 nitrogen and oxygen atoms in total. The largest absolute Gasteiger partial charge is 0.373 e. The van der Waals surface area contributed by atoms with E-state index in [1.807, 2.05) is 18.4 Å². The van der Waals surface area contributed by atoms with Gasteiger partial charge >= 0.3 is 0 Å². The third kappa shape index (κ3) is 6.37. The van der Waals surface area contributed by atoms with Crippen molar-refractivity contribution in [1.29, 1.82) is 0 Å². The lowest BCUT2D eigenvalue weighted by Crippen LogP contribution is -2.51. The summed E-state index contributed by atoms with van der Waals surface area (Å²) in [7, 11) is 1.83. The topological polar surface area (TPSA) is 48.9 Å². The Balaban J connectivity index is 0.00000225. The van der Waals surface area contributed by atoms with E-state index in [9.17, 15) is 0 Å². The van der Waals surface area contributed by atoms with Gasteiger partial charge in [0.25, 0.3) is 0 Å². The molecular formula is C18H31IN4OS. The minimum Gasteiger partial charge on any atom is -0.373 e. The summed E-state index contributed by atoms with van der Waals surface area (Å²) in [6.45, 7) is 7.19. The summed E-state index contributed by atoms with van der Waals surface area (Å²) in [4.78, 5) is 8.36. The number of aliphatic imine (C=N–C) groups is 1. The molecule has 0 saturated carbocycles. The quantitative estimate of drug-likeness (QED) is 0.375. The van der Waals surface area contributed by atoms with Crippen LogP contribution in [0, 0.1) is 5.92 Å². The molecule has 2 aliphatic rings. The summed E-state index contributed by atoms with van der Waals surface area (Å²) in [6.07, 6.45) is 4.00. The number of morpholine rings is 1. The van der Waals surface area contributed by atoms with Crippen molar-refractivity contribution in [2.75, 3.05) is 39.8 Å². The second-order valence-electron chi connectivity index (χ2n) is 6.97. The maximum absolute atomic E-state index is 6.00. The van der Waals surface area contributed by atoms with Crippen molar-refractivity contribution in [2.45, 2.75) is 38.3 Å². The summed E-state index contributed by atoms with van der Waals surface area (Å²) in [5, 5.41) is 9.01. The highest BCUT2D eigenvalue weighted by atomic mass is 127. The van der Waals surface area contributed by atoms with Crippen LogP contribution in [0.1, 0.15) is 24.6 Å². The van der Waals surface area contributed by atoms with Crippen LogP contribution in [0.25, 0.3) is 0 Å². The first-order valence-electron chi connectivity index (χ1n) is 9.07. The van der Waals surface area contributed by atoms with Crippen molar-refractivity contribution < 1.29 is 4.74 Å². The van der Waals surface area contributed by atoms with Gasteiger partial charge in [-0.3, -0.25) is 9.89 Å². The van der Waals surface area contributed by atoms with Crippen LogP contribution in [-0.4, -0.2) is 62.8 Å². The Morgan fingerprint density at radius 2 is 2.36 bits per heavy atom. The smallest absolute Gasteiger partial charge is 0.191 e. The molecule has 0 aliphatic carbocycles. The maximum Gasteiger partial charge on any atom is 0.191 e. The van der Waals surface area contributed by atoms with E-state index >= 15 is 0 Å². The number of nitrogens with zero attached hydrogens (tertiary/aromatic N) is 2. The number of fused-ring (bicyclic) bond motifs is 1. The van der Waals surface area contributed by atoms with E-state index in [1.165, 1.54) is 24.3 Å². The van der Waals surface area contributed by atoms with Gasteiger partial charge in [-0.15, -0.1) is 35.3 Å². The number of hydrogen-bond acceptors (Lipinski definition) is 4. The summed E-state index contributed by atoms with van der Waals surface area (Å²) >= 11 is 1.83. The molecule has 25 heavy (non-hydrogen) atoms. The van der Waals surface area contributed by atoms with Gasteiger partial charge in [0.05, 0.1) is 12.7 Å². The minimum absolute atomic E-state index is 0. The summed E-state index contributed by atoms with van der Waals surface area (Å²) in [5.41, 5.74) is 0. The number of nitrogens with one attached hydrogen (secondary N) is 2. The number of guanidine groups is 1. The Morgan fingerprint density at radius 1 is 1.48 bits per heavy atom. The maximum atomic E-state index is 6.00. The summed E-state index contributed by atoms with van der Waals surface area (Å²) in [6, 6.07) is 4.99. The van der Waals surface area contributed by atoms with Crippen LogP contribution in [0.4, 0.5) is 0 Å². The van der Waals surface area contributed by atoms with E-state index in [0.29, 0.717) is 12.0 Å². The van der Waals surface area contributed by atoms with Gasteiger partial charge < -0.3 is 15.4 Å². The van der Waals surface area contributed by atoms with Crippen molar-refractivity contribution >= 4 is 41.3 Å². The van der Waals surface area contributed by atoms with E-state index < -0.39 is 0 Å². The van der Waals surface area contributed by atoms with Gasteiger partial charge in [-0.2, -0.15) is 0 Å². The van der Waals surface area contributed by atoms with E-state index in [0.717, 1.165) is 38.6 Å². The van der Waals surface area contributed by atoms with Crippen LogP contribution in [0.15, 0.2) is 22.5 Å². The molecule has 1 aromatic rings. The van der Waals surface area contributed by atoms with Gasteiger partial charge in [0.2, 0.25) is 0 Å². The minimum atomic E-state index is 0. The molecule has 3 unspecified atom stereocenters. The van der Waals surface area contributed by atoms with Gasteiger partial charge in [-0.1, -0.05) is 13.0 Å². The lowest BCUT2D eigenvalue weighted by Gasteiger charge is -2.35. The van der Waals surface area contributed by atoms with Gasteiger partial charge in [0.15, 0.2) is 5.96 Å². The standard InChI is InChI=1S/C18H30N4OS.HI/c1-14(9-17-6-4-8-24-17)10-20-18(19-2)21-11-16-12-22-7-3-5-15(22)13-23-16;/h4,6,8,14-16H,3,5,7,9-13H2,1-2H3,(H2,19,20,21);1H. The van der Waals surface area contributed by atoms with Crippen molar-refractivity contribution in [3.05, 3.63) is 22.4 Å². The van der Waals surface area contributed by atoms with Crippen LogP contribution in [0.2, 0.25) is 0 Å². The Bertz CT molecular complexity index is 525. The average molecular weight is 478 g/mol. The molecule has 0 bridgehead atoms. The zero-order valence-electron chi connectivity index (χ0n) is 15.2. The lowest BCUT2D eigenvalue weighted by atomic mass is 10.1. The molecule has 0 spiro atoms. The van der Waals surface area contributed by atoms with Crippen LogP contribution in [0.5, 0.6) is 0 Å². The van der Waals surface area contributed by atoms with Gasteiger partial charge in [-0.05, 0) is 43.2 Å². The molecule has 0 aromatic carbocycles. The highest BCUT2D eigenvalue weighted by molar-refractivity contribution is 14.0. The average Bonchev–Trinajstić information content (AvgIpc) is 3.25. The molecular weight excluding hydrogens is 447 g/mol. The summed E-state index contributed by atoms with van der Waals surface area (Å²) < 4.78 is 6.00. The predicted octanol–water partition coefficient (Wildman–Crippen LogP) is 2.57. The second-order valence-corrected chi connectivity index (χ2v) is 8.00. The monoisotopic (exact) mass is 478 g/mol. The number of rotatable bonds is 6. The SMILES string of the molecule is CN=C(NCC(C)Cc1cccs1)NCC1CN2CCCC2CO1.I. The zero-order chi connectivity index (χ0) is 16.8. The highest BCUT2D eigenvalue weighted by Crippen LogP contribution is 2.22. The fraction of sp³-hybridized carbons (Fsp3) is 0.722. The van der Waals surface area contributed by atoms with E-state index in [4.69, 9.17) is 4.74 Å².